The van der Waals surface area contributed by atoms with Crippen LogP contribution in [0.2, 0.25) is 5.02 Å². The first-order valence-electron chi connectivity index (χ1n) is 6.94. The van der Waals surface area contributed by atoms with Crippen LogP contribution in [0.5, 0.6) is 0 Å². The lowest BCUT2D eigenvalue weighted by Gasteiger charge is -2.08. The van der Waals surface area contributed by atoms with Crippen LogP contribution in [0.3, 0.4) is 0 Å². The molecule has 0 fully saturated rings. The Hall–Kier alpha value is -1.82. The summed E-state index contributed by atoms with van der Waals surface area (Å²) >= 11 is 9.19. The first-order valence-corrected chi connectivity index (χ1v) is 8.11. The van der Waals surface area contributed by atoms with E-state index in [9.17, 15) is 4.79 Å². The van der Waals surface area contributed by atoms with E-state index in [1.165, 1.54) is 0 Å². The molecule has 0 bridgehead atoms. The van der Waals surface area contributed by atoms with Gasteiger partial charge in [0, 0.05) is 9.50 Å². The van der Waals surface area contributed by atoms with Crippen LogP contribution in [0, 0.1) is 0 Å². The van der Waals surface area contributed by atoms with Crippen molar-refractivity contribution in [2.45, 2.75) is 6.10 Å². The maximum atomic E-state index is 12.0. The average Bonchev–Trinajstić information content (AvgIpc) is 3.03. The Labute approximate surface area is 147 Å². The summed E-state index contributed by atoms with van der Waals surface area (Å²) in [6.07, 6.45) is 1.54. The number of hydrogen-bond donors (Lipinski definition) is 1. The normalized spacial score (nSPS) is 16.6. The van der Waals surface area contributed by atoms with Crippen molar-refractivity contribution in [2.75, 3.05) is 6.61 Å². The van der Waals surface area contributed by atoms with Crippen molar-refractivity contribution in [1.29, 1.82) is 0 Å². The van der Waals surface area contributed by atoms with E-state index in [2.05, 4.69) is 21.4 Å². The number of nitrogens with one attached hydrogen (secondary N) is 1. The second-order valence-corrected chi connectivity index (χ2v) is 6.30. The van der Waals surface area contributed by atoms with Crippen molar-refractivity contribution in [3.05, 3.63) is 75.2 Å². The minimum Gasteiger partial charge on any atom is -0.459 e. The molecule has 23 heavy (non-hydrogen) atoms. The van der Waals surface area contributed by atoms with Gasteiger partial charge in [-0.25, -0.2) is 4.79 Å². The molecule has 1 atom stereocenters. The Balaban J connectivity index is 1.58. The molecule has 0 spiro atoms. The zero-order valence-electron chi connectivity index (χ0n) is 12.0. The van der Waals surface area contributed by atoms with Crippen LogP contribution in [0.25, 0.3) is 5.70 Å². The quantitative estimate of drug-likeness (QED) is 0.790. The van der Waals surface area contributed by atoms with E-state index in [1.54, 1.807) is 36.4 Å². The monoisotopic (exact) mass is 393 g/mol. The van der Waals surface area contributed by atoms with Gasteiger partial charge in [-0.3, -0.25) is 10.3 Å². The fraction of sp³-hybridized carbons (Fsp3) is 0.118. The number of carbonyl (C=O) groups excluding carboxylic acids is 1. The summed E-state index contributed by atoms with van der Waals surface area (Å²) in [5, 5.41) is 0.674. The van der Waals surface area contributed by atoms with Gasteiger partial charge in [0.05, 0.1) is 11.3 Å². The molecule has 1 aliphatic rings. The highest BCUT2D eigenvalue weighted by Gasteiger charge is 2.19. The fourth-order valence-electron chi connectivity index (χ4n) is 2.09. The average molecular weight is 395 g/mol. The second kappa shape index (κ2) is 7.17. The maximum absolute atomic E-state index is 12.0. The standard InChI is InChI=1S/C17H13BrClNO3/c18-13-5-1-12(2-6-13)17(21)22-10-15-9-16(20-23-15)11-3-7-14(19)8-4-11/h1-9,15,20H,10H2/t15-/m0/s1. The lowest BCUT2D eigenvalue weighted by atomic mass is 10.1. The summed E-state index contributed by atoms with van der Waals surface area (Å²) in [5.41, 5.74) is 5.12. The molecule has 0 unspecified atom stereocenters. The van der Waals surface area contributed by atoms with Crippen LogP contribution < -0.4 is 5.48 Å². The fourth-order valence-corrected chi connectivity index (χ4v) is 2.48. The predicted molar refractivity (Wildman–Crippen MR) is 91.9 cm³/mol. The van der Waals surface area contributed by atoms with Crippen molar-refractivity contribution >= 4 is 39.2 Å². The largest absolute Gasteiger partial charge is 0.459 e. The van der Waals surface area contributed by atoms with Crippen molar-refractivity contribution < 1.29 is 14.4 Å². The van der Waals surface area contributed by atoms with Gasteiger partial charge in [-0.2, -0.15) is 0 Å². The highest BCUT2D eigenvalue weighted by Crippen LogP contribution is 2.20. The summed E-state index contributed by atoms with van der Waals surface area (Å²) in [5.74, 6) is -0.380. The lowest BCUT2D eigenvalue weighted by Crippen LogP contribution is -2.20. The van der Waals surface area contributed by atoms with E-state index in [0.29, 0.717) is 10.6 Å². The summed E-state index contributed by atoms with van der Waals surface area (Å²) in [4.78, 5) is 17.3. The smallest absolute Gasteiger partial charge is 0.338 e. The zero-order chi connectivity index (χ0) is 16.2. The number of rotatable bonds is 4. The molecule has 0 saturated heterocycles. The van der Waals surface area contributed by atoms with Gasteiger partial charge in [-0.15, -0.1) is 0 Å². The highest BCUT2D eigenvalue weighted by atomic mass is 79.9. The number of carbonyl (C=O) groups is 1. The predicted octanol–water partition coefficient (Wildman–Crippen LogP) is 4.20. The zero-order valence-corrected chi connectivity index (χ0v) is 14.3. The van der Waals surface area contributed by atoms with Crippen molar-refractivity contribution in [2.24, 2.45) is 0 Å². The van der Waals surface area contributed by atoms with Gasteiger partial charge >= 0.3 is 5.97 Å². The summed E-state index contributed by atoms with van der Waals surface area (Å²) < 4.78 is 6.18. The van der Waals surface area contributed by atoms with Crippen LogP contribution in [0.15, 0.2) is 59.1 Å². The minimum absolute atomic E-state index is 0.138. The van der Waals surface area contributed by atoms with Crippen LogP contribution in [0.4, 0.5) is 0 Å². The van der Waals surface area contributed by atoms with E-state index in [1.807, 2.05) is 18.2 Å². The topological polar surface area (TPSA) is 47.6 Å². The second-order valence-electron chi connectivity index (χ2n) is 4.95. The van der Waals surface area contributed by atoms with Crippen molar-refractivity contribution in [3.63, 3.8) is 0 Å². The first kappa shape index (κ1) is 16.1. The van der Waals surface area contributed by atoms with E-state index in [4.69, 9.17) is 21.2 Å². The Morgan fingerprint density at radius 3 is 2.57 bits per heavy atom. The van der Waals surface area contributed by atoms with Crippen molar-refractivity contribution in [3.8, 4) is 0 Å². The van der Waals surface area contributed by atoms with Gasteiger partial charge in [-0.05, 0) is 48.0 Å². The third kappa shape index (κ3) is 4.13. The van der Waals surface area contributed by atoms with Gasteiger partial charge < -0.3 is 4.74 Å². The molecule has 6 heteroatoms. The Morgan fingerprint density at radius 1 is 1.17 bits per heavy atom. The molecule has 0 radical (unpaired) electrons. The molecule has 1 aliphatic heterocycles. The molecule has 1 N–H and O–H groups in total. The number of ether oxygens (including phenoxy) is 1. The molecule has 0 saturated carbocycles. The van der Waals surface area contributed by atoms with Gasteiger partial charge in [0.15, 0.2) is 0 Å². The van der Waals surface area contributed by atoms with E-state index in [0.717, 1.165) is 15.7 Å². The molecular formula is C17H13BrClNO3. The Kier molecular flexibility index (Phi) is 5.00. The van der Waals surface area contributed by atoms with Gasteiger partial charge in [0.1, 0.15) is 12.7 Å². The lowest BCUT2D eigenvalue weighted by molar-refractivity contribution is -0.00353. The Bertz CT molecular complexity index is 729. The molecule has 2 aromatic rings. The third-order valence-corrected chi connectivity index (χ3v) is 4.07. The molecule has 4 nitrogen and oxygen atoms in total. The number of benzene rings is 2. The third-order valence-electron chi connectivity index (χ3n) is 3.29. The molecule has 0 aliphatic carbocycles. The summed E-state index contributed by atoms with van der Waals surface area (Å²) in [6, 6.07) is 14.4. The molecule has 118 valence electrons. The molecule has 1 heterocycles. The van der Waals surface area contributed by atoms with Crippen LogP contribution in [0.1, 0.15) is 15.9 Å². The van der Waals surface area contributed by atoms with Crippen LogP contribution >= 0.6 is 27.5 Å². The summed E-state index contributed by atoms with van der Waals surface area (Å²) in [6.45, 7) is 0.138. The molecule has 0 aromatic heterocycles. The van der Waals surface area contributed by atoms with E-state index in [-0.39, 0.29) is 18.7 Å². The SMILES string of the molecule is O=C(OC[C@@H]1C=C(c2ccc(Cl)cc2)NO1)c1ccc(Br)cc1. The number of hydrogen-bond acceptors (Lipinski definition) is 4. The van der Waals surface area contributed by atoms with Gasteiger partial charge in [0.25, 0.3) is 0 Å². The van der Waals surface area contributed by atoms with Crippen LogP contribution in [-0.2, 0) is 9.57 Å². The van der Waals surface area contributed by atoms with E-state index >= 15 is 0 Å². The highest BCUT2D eigenvalue weighted by molar-refractivity contribution is 9.10. The van der Waals surface area contributed by atoms with Gasteiger partial charge in [-0.1, -0.05) is 39.7 Å². The molecule has 3 rings (SSSR count). The first-order chi connectivity index (χ1) is 11.1. The molecule has 2 aromatic carbocycles. The molecular weight excluding hydrogens is 382 g/mol. The number of halogens is 2. The maximum Gasteiger partial charge on any atom is 0.338 e. The minimum atomic E-state index is -0.380. The van der Waals surface area contributed by atoms with Crippen LogP contribution in [-0.4, -0.2) is 18.7 Å². The number of esters is 1. The van der Waals surface area contributed by atoms with Crippen molar-refractivity contribution in [1.82, 2.24) is 5.48 Å². The van der Waals surface area contributed by atoms with E-state index < -0.39 is 0 Å². The van der Waals surface area contributed by atoms with Gasteiger partial charge in [0.2, 0.25) is 0 Å². The Morgan fingerprint density at radius 2 is 1.87 bits per heavy atom. The molecule has 0 amide bonds. The summed E-state index contributed by atoms with van der Waals surface area (Å²) in [7, 11) is 0. The number of hydroxylamine groups is 1.